The number of hydrogen-bond donors (Lipinski definition) is 2. The maximum absolute atomic E-state index is 10.8. The van der Waals surface area contributed by atoms with Crippen LogP contribution in [-0.4, -0.2) is 10.0 Å². The second kappa shape index (κ2) is 7.23. The highest BCUT2D eigenvalue weighted by Gasteiger charge is 2.11. The van der Waals surface area contributed by atoms with Crippen LogP contribution in [0.2, 0.25) is 10.0 Å². The van der Waals surface area contributed by atoms with Crippen LogP contribution in [0.3, 0.4) is 0 Å². The quantitative estimate of drug-likeness (QED) is 0.391. The molecule has 0 aliphatic carbocycles. The molecule has 0 heterocycles. The smallest absolute Gasteiger partial charge is 0.271 e. The minimum atomic E-state index is -0.510. The van der Waals surface area contributed by atoms with Gasteiger partial charge in [-0.2, -0.15) is 0 Å². The van der Waals surface area contributed by atoms with E-state index >= 15 is 0 Å². The summed E-state index contributed by atoms with van der Waals surface area (Å²) in [6.07, 6.45) is 0. The fraction of sp³-hybridized carbons (Fsp3) is 0. The van der Waals surface area contributed by atoms with E-state index in [0.717, 1.165) is 4.47 Å². The third kappa shape index (κ3) is 4.30. The highest BCUT2D eigenvalue weighted by Crippen LogP contribution is 2.28. The molecule has 5 nitrogen and oxygen atoms in total. The van der Waals surface area contributed by atoms with Crippen LogP contribution >= 0.6 is 51.3 Å². The molecule has 0 aromatic heterocycles. The molecule has 2 aromatic rings. The Morgan fingerprint density at radius 2 is 1.77 bits per heavy atom. The Hall–Kier alpha value is -1.41. The molecule has 2 aromatic carbocycles. The molecular weight excluding hydrogens is 413 g/mol. The van der Waals surface area contributed by atoms with E-state index in [-0.39, 0.29) is 10.8 Å². The minimum Gasteiger partial charge on any atom is -0.331 e. The zero-order valence-electron chi connectivity index (χ0n) is 10.8. The van der Waals surface area contributed by atoms with Gasteiger partial charge in [-0.3, -0.25) is 10.1 Å². The second-order valence-electron chi connectivity index (χ2n) is 4.12. The van der Waals surface area contributed by atoms with Crippen molar-refractivity contribution in [1.29, 1.82) is 0 Å². The topological polar surface area (TPSA) is 67.2 Å². The van der Waals surface area contributed by atoms with Gasteiger partial charge in [0.15, 0.2) is 5.11 Å². The van der Waals surface area contributed by atoms with Crippen molar-refractivity contribution in [2.45, 2.75) is 0 Å². The van der Waals surface area contributed by atoms with Crippen LogP contribution in [0.4, 0.5) is 17.1 Å². The SMILES string of the molecule is O=[N+]([O-])c1ccc(Cl)c(NC(=S)Nc2ccc(Br)cc2Cl)c1. The van der Waals surface area contributed by atoms with Crippen molar-refractivity contribution in [3.05, 3.63) is 61.0 Å². The van der Waals surface area contributed by atoms with Crippen LogP contribution in [-0.2, 0) is 0 Å². The number of non-ortho nitro benzene ring substituents is 1. The Kier molecular flexibility index (Phi) is 5.57. The Bertz CT molecular complexity index is 758. The molecule has 9 heteroatoms. The van der Waals surface area contributed by atoms with Crippen LogP contribution in [0, 0.1) is 10.1 Å². The lowest BCUT2D eigenvalue weighted by Crippen LogP contribution is -2.19. The Balaban J connectivity index is 2.15. The highest BCUT2D eigenvalue weighted by atomic mass is 79.9. The van der Waals surface area contributed by atoms with E-state index in [2.05, 4.69) is 26.6 Å². The highest BCUT2D eigenvalue weighted by molar-refractivity contribution is 9.10. The first kappa shape index (κ1) is 17.0. The monoisotopic (exact) mass is 419 g/mol. The van der Waals surface area contributed by atoms with E-state index in [4.69, 9.17) is 35.4 Å². The first-order chi connectivity index (χ1) is 10.4. The molecule has 114 valence electrons. The van der Waals surface area contributed by atoms with Gasteiger partial charge < -0.3 is 10.6 Å². The Morgan fingerprint density at radius 1 is 1.09 bits per heavy atom. The summed E-state index contributed by atoms with van der Waals surface area (Å²) < 4.78 is 0.837. The van der Waals surface area contributed by atoms with Gasteiger partial charge in [-0.15, -0.1) is 0 Å². The van der Waals surface area contributed by atoms with Gasteiger partial charge >= 0.3 is 0 Å². The summed E-state index contributed by atoms with van der Waals surface area (Å²) >= 11 is 20.5. The fourth-order valence-electron chi connectivity index (χ4n) is 1.59. The van der Waals surface area contributed by atoms with Gasteiger partial charge in [-0.1, -0.05) is 39.1 Å². The number of anilines is 2. The van der Waals surface area contributed by atoms with E-state index in [1.807, 2.05) is 0 Å². The number of thiocarbonyl (C=S) groups is 1. The molecule has 0 aliphatic heterocycles. The Morgan fingerprint density at radius 3 is 2.41 bits per heavy atom. The lowest BCUT2D eigenvalue weighted by molar-refractivity contribution is -0.384. The lowest BCUT2D eigenvalue weighted by Gasteiger charge is -2.12. The van der Waals surface area contributed by atoms with Gasteiger partial charge in [0.1, 0.15) is 0 Å². The maximum Gasteiger partial charge on any atom is 0.271 e. The number of halogens is 3. The average Bonchev–Trinajstić information content (AvgIpc) is 2.44. The number of nitrogens with zero attached hydrogens (tertiary/aromatic N) is 1. The predicted molar refractivity (Wildman–Crippen MR) is 97.1 cm³/mol. The van der Waals surface area contributed by atoms with Crippen molar-refractivity contribution in [1.82, 2.24) is 0 Å². The maximum atomic E-state index is 10.8. The van der Waals surface area contributed by atoms with Crippen molar-refractivity contribution in [3.8, 4) is 0 Å². The number of nitrogens with one attached hydrogen (secondary N) is 2. The molecule has 0 bridgehead atoms. The largest absolute Gasteiger partial charge is 0.331 e. The van der Waals surface area contributed by atoms with Gasteiger partial charge in [0.05, 0.1) is 26.3 Å². The molecular formula is C13H8BrCl2N3O2S. The lowest BCUT2D eigenvalue weighted by atomic mass is 10.3. The average molecular weight is 421 g/mol. The molecule has 2 N–H and O–H groups in total. The van der Waals surface area contributed by atoms with E-state index in [0.29, 0.717) is 21.4 Å². The molecule has 0 saturated carbocycles. The van der Waals surface area contributed by atoms with Crippen molar-refractivity contribution in [2.75, 3.05) is 10.6 Å². The number of benzene rings is 2. The zero-order valence-corrected chi connectivity index (χ0v) is 14.7. The van der Waals surface area contributed by atoms with Gasteiger partial charge in [-0.05, 0) is 36.5 Å². The van der Waals surface area contributed by atoms with E-state index < -0.39 is 4.92 Å². The van der Waals surface area contributed by atoms with Crippen LogP contribution < -0.4 is 10.6 Å². The number of nitro benzene ring substituents is 1. The summed E-state index contributed by atoms with van der Waals surface area (Å²) in [7, 11) is 0. The second-order valence-corrected chi connectivity index (χ2v) is 6.26. The van der Waals surface area contributed by atoms with Gasteiger partial charge in [0.2, 0.25) is 0 Å². The normalized spacial score (nSPS) is 10.1. The number of nitro groups is 1. The van der Waals surface area contributed by atoms with E-state index in [9.17, 15) is 10.1 Å². The van der Waals surface area contributed by atoms with Crippen molar-refractivity contribution in [3.63, 3.8) is 0 Å². The third-order valence-electron chi connectivity index (χ3n) is 2.59. The van der Waals surface area contributed by atoms with Gasteiger partial charge in [0, 0.05) is 16.6 Å². The summed E-state index contributed by atoms with van der Waals surface area (Å²) in [6, 6.07) is 9.31. The van der Waals surface area contributed by atoms with Gasteiger partial charge in [-0.25, -0.2) is 0 Å². The Labute approximate surface area is 149 Å². The molecule has 0 atom stereocenters. The van der Waals surface area contributed by atoms with Gasteiger partial charge in [0.25, 0.3) is 5.69 Å². The summed E-state index contributed by atoms with van der Waals surface area (Å²) in [5.74, 6) is 0. The first-order valence-electron chi connectivity index (χ1n) is 5.84. The first-order valence-corrected chi connectivity index (χ1v) is 7.79. The molecule has 0 unspecified atom stereocenters. The molecule has 0 saturated heterocycles. The molecule has 0 fully saturated rings. The summed E-state index contributed by atoms with van der Waals surface area (Å²) in [4.78, 5) is 10.3. The molecule has 0 amide bonds. The summed E-state index contributed by atoms with van der Waals surface area (Å²) in [5, 5.41) is 17.5. The fourth-order valence-corrected chi connectivity index (χ4v) is 2.69. The van der Waals surface area contributed by atoms with Crippen LogP contribution in [0.5, 0.6) is 0 Å². The van der Waals surface area contributed by atoms with Crippen molar-refractivity contribution >= 4 is 73.5 Å². The summed E-state index contributed by atoms with van der Waals surface area (Å²) in [5.41, 5.74) is 0.849. The zero-order chi connectivity index (χ0) is 16.3. The van der Waals surface area contributed by atoms with Crippen molar-refractivity contribution < 1.29 is 4.92 Å². The molecule has 0 radical (unpaired) electrons. The third-order valence-corrected chi connectivity index (χ3v) is 3.93. The predicted octanol–water partition coefficient (Wildman–Crippen LogP) is 5.47. The molecule has 2 rings (SSSR count). The molecule has 0 aliphatic rings. The number of rotatable bonds is 3. The van der Waals surface area contributed by atoms with Crippen LogP contribution in [0.15, 0.2) is 40.9 Å². The minimum absolute atomic E-state index is 0.0867. The molecule has 22 heavy (non-hydrogen) atoms. The van der Waals surface area contributed by atoms with Crippen LogP contribution in [0.25, 0.3) is 0 Å². The number of hydrogen-bond acceptors (Lipinski definition) is 3. The summed E-state index contributed by atoms with van der Waals surface area (Å²) in [6.45, 7) is 0. The standard InChI is InChI=1S/C13H8BrCl2N3O2S/c14-7-1-4-11(10(16)5-7)17-13(22)18-12-6-8(19(20)21)2-3-9(12)15/h1-6H,(H2,17,18,22). The van der Waals surface area contributed by atoms with E-state index in [1.165, 1.54) is 18.2 Å². The van der Waals surface area contributed by atoms with Crippen LogP contribution in [0.1, 0.15) is 0 Å². The van der Waals surface area contributed by atoms with Crippen molar-refractivity contribution in [2.24, 2.45) is 0 Å². The van der Waals surface area contributed by atoms with E-state index in [1.54, 1.807) is 18.2 Å². The molecule has 0 spiro atoms.